The Morgan fingerprint density at radius 1 is 0.928 bits per heavy atom. The third-order valence-electron chi connectivity index (χ3n) is 13.9. The van der Waals surface area contributed by atoms with Gasteiger partial charge in [0.2, 0.25) is 11.8 Å². The number of carbonyl (C=O) groups is 1. The summed E-state index contributed by atoms with van der Waals surface area (Å²) >= 11 is 0. The molecule has 3 aliphatic heterocycles. The van der Waals surface area contributed by atoms with E-state index in [4.69, 9.17) is 32.5 Å². The predicted molar refractivity (Wildman–Crippen MR) is 268 cm³/mol. The van der Waals surface area contributed by atoms with Crippen LogP contribution in [-0.2, 0) is 32.1 Å². The number of ether oxygens (including phenoxy) is 2. The first-order valence-corrected chi connectivity index (χ1v) is 29.7. The molecular formula is C49H66N7O10PSi2+2. The summed E-state index contributed by atoms with van der Waals surface area (Å²) in [4.78, 5) is 43.3. The minimum Gasteiger partial charge on any atom is -0.484 e. The molecule has 4 unspecified atom stereocenters. The van der Waals surface area contributed by atoms with E-state index >= 15 is 0 Å². The molecule has 5 heterocycles. The number of anilines is 1. The van der Waals surface area contributed by atoms with E-state index in [0.29, 0.717) is 31.8 Å². The number of hydroxylamine groups is 3. The van der Waals surface area contributed by atoms with Crippen LogP contribution in [0.5, 0.6) is 5.75 Å². The lowest BCUT2D eigenvalue weighted by Gasteiger charge is -2.44. The van der Waals surface area contributed by atoms with Crippen molar-refractivity contribution < 1.29 is 46.6 Å². The van der Waals surface area contributed by atoms with E-state index in [2.05, 4.69) is 86.1 Å². The van der Waals surface area contributed by atoms with Crippen molar-refractivity contribution in [3.8, 4) is 5.75 Å². The van der Waals surface area contributed by atoms with Crippen LogP contribution in [0, 0.1) is 0 Å². The van der Waals surface area contributed by atoms with Gasteiger partial charge in [-0.3, -0.25) is 24.5 Å². The molecule has 368 valence electrons. The molecule has 0 radical (unpaired) electrons. The smallest absolute Gasteiger partial charge is 0.484 e. The Bertz CT molecular complexity index is 2660. The number of benzene rings is 3. The second-order valence-electron chi connectivity index (χ2n) is 20.6. The molecule has 5 aromatic rings. The summed E-state index contributed by atoms with van der Waals surface area (Å²) in [6.45, 7) is 18.1. The van der Waals surface area contributed by atoms with E-state index in [9.17, 15) is 19.3 Å². The van der Waals surface area contributed by atoms with Crippen LogP contribution in [0.3, 0.4) is 0 Å². The largest absolute Gasteiger partial charge is 0.754 e. The summed E-state index contributed by atoms with van der Waals surface area (Å²) in [5.41, 5.74) is -0.865. The zero-order valence-corrected chi connectivity index (χ0v) is 43.7. The van der Waals surface area contributed by atoms with Gasteiger partial charge in [-0.05, 0) is 58.5 Å². The molecule has 2 saturated heterocycles. The minimum atomic E-state index is -3.24. The molecule has 3 aliphatic rings. The number of hydrogen-bond donors (Lipinski definition) is 3. The number of carbonyl (C=O) groups excluding carboxylic acids is 1. The van der Waals surface area contributed by atoms with E-state index in [1.807, 2.05) is 55.6 Å². The summed E-state index contributed by atoms with van der Waals surface area (Å²) in [6.07, 6.45) is 1.40. The van der Waals surface area contributed by atoms with E-state index in [-0.39, 0.29) is 40.0 Å². The summed E-state index contributed by atoms with van der Waals surface area (Å²) in [5, 5.41) is 17.5. The van der Waals surface area contributed by atoms with Crippen LogP contribution in [0.4, 0.5) is 5.95 Å². The van der Waals surface area contributed by atoms with Crippen molar-refractivity contribution in [2.45, 2.75) is 121 Å². The number of imidazole rings is 1. The molecule has 0 aliphatic carbocycles. The van der Waals surface area contributed by atoms with Crippen LogP contribution in [0.2, 0.25) is 23.2 Å². The summed E-state index contributed by atoms with van der Waals surface area (Å²) < 4.78 is 56.5. The van der Waals surface area contributed by atoms with E-state index < -0.39 is 65.6 Å². The van der Waals surface area contributed by atoms with E-state index in [0.717, 1.165) is 41.9 Å². The number of nitrogens with one attached hydrogen (secondary N) is 2. The number of aliphatic imine (C=N–C) groups is 1. The van der Waals surface area contributed by atoms with Gasteiger partial charge in [0, 0.05) is 23.8 Å². The molecule has 2 aromatic heterocycles. The number of para-hydroxylation sites is 1. The van der Waals surface area contributed by atoms with Gasteiger partial charge in [0.25, 0.3) is 25.6 Å². The summed E-state index contributed by atoms with van der Waals surface area (Å²) in [5.74, 6) is -2.11. The fourth-order valence-electron chi connectivity index (χ4n) is 9.38. The highest BCUT2D eigenvalue weighted by Gasteiger charge is 2.68. The number of hydrogen-bond acceptors (Lipinski definition) is 13. The van der Waals surface area contributed by atoms with Gasteiger partial charge in [-0.2, -0.15) is 4.98 Å². The topological polar surface area (TPSA) is 198 Å². The maximum absolute atomic E-state index is 14.8. The number of nitrogens with zero attached hydrogens (tertiary/aromatic N) is 5. The molecule has 3 aromatic carbocycles. The molecule has 0 saturated carbocycles. The molecular weight excluding hydrogens is 934 g/mol. The Morgan fingerprint density at radius 3 is 2.20 bits per heavy atom. The zero-order chi connectivity index (χ0) is 49.2. The Kier molecular flexibility index (Phi) is 14.8. The number of aliphatic hydroxyl groups is 1. The third-order valence-corrected chi connectivity index (χ3v) is 24.2. The standard InChI is InChI=1S/C49H64N7O10PSi2/c1-47(2,3)68(7,8)64-42-38(32-62-69(48(4,5)6,36-24-15-10-16-25-36)37-26-17-11-18-27-37)63-45(49(42,59)65-67(60)66-56-30-20-12-19-28-39(56)50-29-21-31-56)55-34-51-41-43(55)53-46(54-44(41)58)52-40(57)33-61-35-22-13-9-14-23-35/h9-11,13-18,22-27,34,38,42,45,59H,12,19-21,28-33H2,1-8H3/p+2/t38-,42?,45-,49?,56?/m1/s1. The molecule has 6 atom stereocenters. The number of amides is 1. The number of aromatic amines is 1. The number of aromatic nitrogens is 4. The first kappa shape index (κ1) is 50.6. The molecule has 3 N–H and O–H groups in total. The highest BCUT2D eigenvalue weighted by Crippen LogP contribution is 2.52. The summed E-state index contributed by atoms with van der Waals surface area (Å²) in [7, 11) is -9.26. The minimum absolute atomic E-state index is 0.0626. The van der Waals surface area contributed by atoms with Crippen LogP contribution in [0.25, 0.3) is 11.2 Å². The van der Waals surface area contributed by atoms with Crippen molar-refractivity contribution in [1.82, 2.24) is 19.5 Å². The lowest BCUT2D eigenvalue weighted by molar-refractivity contribution is -1.01. The molecule has 0 spiro atoms. The van der Waals surface area contributed by atoms with Gasteiger partial charge in [-0.25, -0.2) is 9.98 Å². The van der Waals surface area contributed by atoms with Gasteiger partial charge < -0.3 is 23.4 Å². The zero-order valence-electron chi connectivity index (χ0n) is 40.8. The molecule has 0 bridgehead atoms. The Labute approximate surface area is 406 Å². The predicted octanol–water partition coefficient (Wildman–Crippen LogP) is 7.49. The maximum atomic E-state index is 14.8. The van der Waals surface area contributed by atoms with Gasteiger partial charge in [0.15, 0.2) is 32.3 Å². The molecule has 20 heteroatoms. The number of rotatable bonds is 16. The van der Waals surface area contributed by atoms with Crippen molar-refractivity contribution in [2.24, 2.45) is 4.99 Å². The first-order chi connectivity index (χ1) is 32.8. The Balaban J connectivity index is 1.23. The van der Waals surface area contributed by atoms with Crippen LogP contribution >= 0.6 is 8.25 Å². The highest BCUT2D eigenvalue weighted by atomic mass is 31.1. The van der Waals surface area contributed by atoms with E-state index in [1.165, 1.54) is 10.9 Å². The summed E-state index contributed by atoms with van der Waals surface area (Å²) in [6, 6.07) is 29.2. The lowest BCUT2D eigenvalue weighted by atomic mass is 10.1. The highest BCUT2D eigenvalue weighted by molar-refractivity contribution is 7.33. The van der Waals surface area contributed by atoms with Crippen molar-refractivity contribution in [1.29, 1.82) is 0 Å². The fourth-order valence-corrected chi connectivity index (χ4v) is 16.2. The van der Waals surface area contributed by atoms with Crippen LogP contribution in [-0.4, -0.2) is 108 Å². The molecule has 69 heavy (non-hydrogen) atoms. The molecule has 8 rings (SSSR count). The Hall–Kier alpha value is -4.80. The normalized spacial score (nSPS) is 23.8. The van der Waals surface area contributed by atoms with Crippen LogP contribution in [0.15, 0.2) is 107 Å². The van der Waals surface area contributed by atoms with Gasteiger partial charge >= 0.3 is 8.25 Å². The first-order valence-electron chi connectivity index (χ1n) is 23.8. The van der Waals surface area contributed by atoms with Crippen LogP contribution < -0.4 is 26.0 Å². The van der Waals surface area contributed by atoms with Gasteiger partial charge in [0.05, 0.1) is 24.1 Å². The Morgan fingerprint density at radius 2 is 1.57 bits per heavy atom. The second kappa shape index (κ2) is 20.1. The monoisotopic (exact) mass is 999 g/mol. The average Bonchev–Trinajstić information content (AvgIpc) is 3.75. The quantitative estimate of drug-likeness (QED) is 0.0382. The van der Waals surface area contributed by atoms with Crippen molar-refractivity contribution >= 4 is 64.1 Å². The van der Waals surface area contributed by atoms with Crippen molar-refractivity contribution in [2.75, 3.05) is 38.2 Å². The van der Waals surface area contributed by atoms with Gasteiger partial charge in [-0.1, -0.05) is 130 Å². The van der Waals surface area contributed by atoms with Crippen LogP contribution in [0.1, 0.15) is 79.9 Å². The second-order valence-corrected chi connectivity index (χ2v) is 30.5. The lowest BCUT2D eigenvalue weighted by Crippen LogP contribution is -2.67. The number of H-pyrrole nitrogens is 1. The fraction of sp³-hybridized carbons (Fsp3) is 0.490. The van der Waals surface area contributed by atoms with Gasteiger partial charge in [-0.15, -0.1) is 0 Å². The van der Waals surface area contributed by atoms with Gasteiger partial charge in [0.1, 0.15) is 31.0 Å². The van der Waals surface area contributed by atoms with Crippen molar-refractivity contribution in [3.05, 3.63) is 108 Å². The maximum Gasteiger partial charge on any atom is 0.754 e. The molecule has 1 amide bonds. The van der Waals surface area contributed by atoms with Crippen molar-refractivity contribution in [3.63, 3.8) is 0 Å². The number of quaternary nitrogens is 1. The third kappa shape index (κ3) is 10.4. The molecule has 2 fully saturated rings. The number of amidine groups is 1. The SMILES string of the molecule is CC(C)(C)[Si](C)(C)OC1[C@@H](CO[Si](c2ccccc2)(c2ccccc2)C(C)(C)C)O[C@@H](n2cnc3c(=O)[nH]c(NC(=O)COc4ccccc4)nc32)C1(O)O[P+](=O)O[N+]12CCCCCC1=NCCC2. The molecule has 17 nitrogen and oxygen atoms in total. The van der Waals surface area contributed by atoms with E-state index in [1.54, 1.807) is 24.3 Å². The number of fused-ring (bicyclic) bond motifs is 2. The average molecular weight is 1000 g/mol.